The van der Waals surface area contributed by atoms with Gasteiger partial charge in [0.15, 0.2) is 0 Å². The Kier molecular flexibility index (Phi) is 2.61. The number of aliphatic hydroxyl groups is 2. The van der Waals surface area contributed by atoms with E-state index < -0.39 is 45.9 Å². The molecule has 1 aliphatic heterocycles. The molecule has 3 N–H and O–H groups in total. The minimum atomic E-state index is -1.13. The topological polar surface area (TPSA) is 104 Å². The molecule has 8 atom stereocenters. The summed E-state index contributed by atoms with van der Waals surface area (Å²) in [7, 11) is 0. The summed E-state index contributed by atoms with van der Waals surface area (Å²) < 4.78 is 5.91. The van der Waals surface area contributed by atoms with Crippen molar-refractivity contribution in [1.82, 2.24) is 0 Å². The molecule has 5 rings (SSSR count). The lowest BCUT2D eigenvalue weighted by Crippen LogP contribution is -2.56. The standard InChI is InChI=1S/C19H24O6/c1-9-7-17-8-18(9,24)6-3-10(17)19-11(20)4-5-16(2,15(23)25-19)13(19)12(17)14(21)22/h10-13,20,24H,1,3-8H2,2H3,(H,21,22). The van der Waals surface area contributed by atoms with E-state index >= 15 is 0 Å². The summed E-state index contributed by atoms with van der Waals surface area (Å²) >= 11 is 0. The van der Waals surface area contributed by atoms with Crippen LogP contribution in [0.1, 0.15) is 45.4 Å². The highest BCUT2D eigenvalue weighted by Crippen LogP contribution is 2.78. The van der Waals surface area contributed by atoms with Crippen molar-refractivity contribution in [3.8, 4) is 0 Å². The maximum Gasteiger partial charge on any atom is 0.312 e. The lowest BCUT2D eigenvalue weighted by Gasteiger charge is -2.47. The van der Waals surface area contributed by atoms with E-state index in [2.05, 4.69) is 6.58 Å². The van der Waals surface area contributed by atoms with Gasteiger partial charge >= 0.3 is 11.9 Å². The molecule has 6 heteroatoms. The summed E-state index contributed by atoms with van der Waals surface area (Å²) in [5.41, 5.74) is -3.02. The molecular weight excluding hydrogens is 324 g/mol. The largest absolute Gasteiger partial charge is 0.481 e. The molecule has 0 aromatic rings. The van der Waals surface area contributed by atoms with E-state index in [9.17, 15) is 24.9 Å². The van der Waals surface area contributed by atoms with Gasteiger partial charge in [-0.3, -0.25) is 9.59 Å². The molecule has 0 amide bonds. The molecule has 1 spiro atoms. The summed E-state index contributed by atoms with van der Waals surface area (Å²) in [6.07, 6.45) is 1.86. The van der Waals surface area contributed by atoms with Gasteiger partial charge in [0.25, 0.3) is 0 Å². The number of carboxylic acids is 1. The van der Waals surface area contributed by atoms with Crippen LogP contribution in [0.2, 0.25) is 0 Å². The summed E-state index contributed by atoms with van der Waals surface area (Å²) in [5, 5.41) is 32.0. The number of carbonyl (C=O) groups is 2. The van der Waals surface area contributed by atoms with Crippen LogP contribution in [0, 0.1) is 28.6 Å². The van der Waals surface area contributed by atoms with Crippen LogP contribution in [-0.2, 0) is 14.3 Å². The van der Waals surface area contributed by atoms with Gasteiger partial charge in [0, 0.05) is 11.8 Å². The van der Waals surface area contributed by atoms with E-state index in [1.54, 1.807) is 6.92 Å². The van der Waals surface area contributed by atoms with Gasteiger partial charge in [0.1, 0.15) is 5.60 Å². The number of hydrogen-bond acceptors (Lipinski definition) is 5. The zero-order valence-electron chi connectivity index (χ0n) is 14.3. The minimum Gasteiger partial charge on any atom is -0.481 e. The highest BCUT2D eigenvalue weighted by Gasteiger charge is 2.84. The Hall–Kier alpha value is -1.40. The first kappa shape index (κ1) is 15.8. The number of fused-ring (bicyclic) bond motifs is 1. The predicted octanol–water partition coefficient (Wildman–Crippen LogP) is 1.25. The van der Waals surface area contributed by atoms with E-state index in [1.807, 2.05) is 0 Å². The number of rotatable bonds is 1. The third-order valence-electron chi connectivity index (χ3n) is 8.49. The molecule has 4 saturated carbocycles. The van der Waals surface area contributed by atoms with Gasteiger partial charge in [-0.25, -0.2) is 0 Å². The number of ether oxygens (including phenoxy) is 1. The number of carbonyl (C=O) groups excluding carboxylic acids is 1. The maximum atomic E-state index is 12.7. The second kappa shape index (κ2) is 4.12. The molecule has 4 aliphatic carbocycles. The van der Waals surface area contributed by atoms with Crippen LogP contribution >= 0.6 is 0 Å². The lowest BCUT2D eigenvalue weighted by atomic mass is 9.59. The number of aliphatic hydroxyl groups excluding tert-OH is 1. The number of carboxylic acid groups (broad SMARTS) is 1. The predicted molar refractivity (Wildman–Crippen MR) is 85.3 cm³/mol. The van der Waals surface area contributed by atoms with Crippen molar-refractivity contribution < 1.29 is 29.6 Å². The molecule has 4 bridgehead atoms. The fourth-order valence-electron chi connectivity index (χ4n) is 7.62. The second-order valence-corrected chi connectivity index (χ2v) is 9.32. The molecule has 8 unspecified atom stereocenters. The molecule has 136 valence electrons. The first-order valence-electron chi connectivity index (χ1n) is 9.17. The minimum absolute atomic E-state index is 0.244. The molecule has 6 nitrogen and oxygen atoms in total. The third kappa shape index (κ3) is 1.41. The van der Waals surface area contributed by atoms with Crippen LogP contribution in [0.3, 0.4) is 0 Å². The molecular formula is C19H24O6. The quantitative estimate of drug-likeness (QED) is 0.487. The molecule has 1 heterocycles. The first-order chi connectivity index (χ1) is 11.6. The van der Waals surface area contributed by atoms with Crippen LogP contribution in [0.4, 0.5) is 0 Å². The Morgan fingerprint density at radius 2 is 2.04 bits per heavy atom. The van der Waals surface area contributed by atoms with Crippen LogP contribution in [0.15, 0.2) is 12.2 Å². The van der Waals surface area contributed by atoms with Gasteiger partial charge in [-0.1, -0.05) is 6.58 Å². The Balaban J connectivity index is 1.78. The van der Waals surface area contributed by atoms with Gasteiger partial charge < -0.3 is 20.1 Å². The molecule has 5 fully saturated rings. The van der Waals surface area contributed by atoms with Crippen LogP contribution in [0.25, 0.3) is 0 Å². The van der Waals surface area contributed by atoms with Gasteiger partial charge in [-0.2, -0.15) is 0 Å². The van der Waals surface area contributed by atoms with Gasteiger partial charge in [-0.15, -0.1) is 0 Å². The van der Waals surface area contributed by atoms with Crippen LogP contribution in [0.5, 0.6) is 0 Å². The third-order valence-corrected chi connectivity index (χ3v) is 8.49. The van der Waals surface area contributed by atoms with E-state index in [1.165, 1.54) is 0 Å². The zero-order chi connectivity index (χ0) is 18.0. The summed E-state index contributed by atoms with van der Waals surface area (Å²) in [6, 6.07) is 0. The average molecular weight is 348 g/mol. The normalized spacial score (nSPS) is 58.7. The fourth-order valence-corrected chi connectivity index (χ4v) is 7.62. The first-order valence-corrected chi connectivity index (χ1v) is 9.17. The average Bonchev–Trinajstić information content (AvgIpc) is 2.95. The number of aliphatic carboxylic acids is 1. The summed E-state index contributed by atoms with van der Waals surface area (Å²) in [5.74, 6) is -2.92. The van der Waals surface area contributed by atoms with Gasteiger partial charge in [0.2, 0.25) is 0 Å². The number of hydrogen-bond donors (Lipinski definition) is 3. The van der Waals surface area contributed by atoms with Crippen molar-refractivity contribution in [3.63, 3.8) is 0 Å². The number of esters is 1. The lowest BCUT2D eigenvalue weighted by molar-refractivity contribution is -0.177. The van der Waals surface area contributed by atoms with E-state index in [0.29, 0.717) is 44.1 Å². The Labute approximate surface area is 145 Å². The van der Waals surface area contributed by atoms with Crippen molar-refractivity contribution in [2.45, 2.75) is 62.8 Å². The Bertz CT molecular complexity index is 731. The monoisotopic (exact) mass is 348 g/mol. The van der Waals surface area contributed by atoms with E-state index in [4.69, 9.17) is 4.74 Å². The molecule has 0 aromatic heterocycles. The van der Waals surface area contributed by atoms with Crippen molar-refractivity contribution in [1.29, 1.82) is 0 Å². The van der Waals surface area contributed by atoms with Gasteiger partial charge in [0.05, 0.1) is 23.0 Å². The summed E-state index contributed by atoms with van der Waals surface area (Å²) in [4.78, 5) is 25.1. The zero-order valence-corrected chi connectivity index (χ0v) is 14.3. The van der Waals surface area contributed by atoms with Crippen molar-refractivity contribution in [2.75, 3.05) is 0 Å². The van der Waals surface area contributed by atoms with E-state index in [-0.39, 0.29) is 11.9 Å². The maximum absolute atomic E-state index is 12.7. The molecule has 0 aromatic carbocycles. The molecule has 0 radical (unpaired) electrons. The second-order valence-electron chi connectivity index (χ2n) is 9.32. The van der Waals surface area contributed by atoms with Gasteiger partial charge in [-0.05, 0) is 56.4 Å². The van der Waals surface area contributed by atoms with Crippen LogP contribution in [-0.4, -0.2) is 44.6 Å². The fraction of sp³-hybridized carbons (Fsp3) is 0.789. The Morgan fingerprint density at radius 3 is 2.72 bits per heavy atom. The highest BCUT2D eigenvalue weighted by atomic mass is 16.6. The summed E-state index contributed by atoms with van der Waals surface area (Å²) in [6.45, 7) is 5.83. The molecule has 5 aliphatic rings. The Morgan fingerprint density at radius 1 is 1.32 bits per heavy atom. The smallest absolute Gasteiger partial charge is 0.312 e. The van der Waals surface area contributed by atoms with Crippen molar-refractivity contribution >= 4 is 11.9 Å². The molecule has 1 saturated heterocycles. The SMILES string of the molecule is C=C1CC23CC1(O)CCC2C12OC(=O)C(C)(CCC1O)C2C3C(=O)O. The van der Waals surface area contributed by atoms with Crippen LogP contribution < -0.4 is 0 Å². The molecule has 25 heavy (non-hydrogen) atoms. The van der Waals surface area contributed by atoms with Crippen molar-refractivity contribution in [3.05, 3.63) is 12.2 Å². The van der Waals surface area contributed by atoms with E-state index in [0.717, 1.165) is 0 Å². The van der Waals surface area contributed by atoms with Crippen molar-refractivity contribution in [2.24, 2.45) is 28.6 Å². The highest BCUT2D eigenvalue weighted by molar-refractivity contribution is 5.85.